The van der Waals surface area contributed by atoms with Gasteiger partial charge in [-0.15, -0.1) is 0 Å². The summed E-state index contributed by atoms with van der Waals surface area (Å²) in [6, 6.07) is 6.28. The Kier molecular flexibility index (Phi) is 5.31. The highest BCUT2D eigenvalue weighted by Gasteiger charge is 2.29. The Hall–Kier alpha value is -1.46. The molecule has 1 saturated heterocycles. The van der Waals surface area contributed by atoms with Gasteiger partial charge in [0.2, 0.25) is 5.91 Å². The standard InChI is InChI=1S/C16H23FN2O2/c1-11(18)3-8-16(20)19-9-12(2)21-15(10-19)13-4-6-14(17)7-5-13/h4-7,11-12,15H,3,8-10,18H2,1-2H3. The molecule has 0 aromatic heterocycles. The normalized spacial score (nSPS) is 23.9. The molecule has 1 amide bonds. The number of hydrogen-bond acceptors (Lipinski definition) is 3. The molecule has 0 spiro atoms. The molecular formula is C16H23FN2O2. The van der Waals surface area contributed by atoms with E-state index in [0.717, 1.165) is 5.56 Å². The molecule has 0 bridgehead atoms. The van der Waals surface area contributed by atoms with Crippen molar-refractivity contribution < 1.29 is 13.9 Å². The molecule has 21 heavy (non-hydrogen) atoms. The zero-order valence-electron chi connectivity index (χ0n) is 12.6. The molecule has 1 fully saturated rings. The lowest BCUT2D eigenvalue weighted by atomic mass is 10.1. The second-order valence-corrected chi connectivity index (χ2v) is 5.80. The van der Waals surface area contributed by atoms with Crippen LogP contribution in [-0.2, 0) is 9.53 Å². The number of benzene rings is 1. The summed E-state index contributed by atoms with van der Waals surface area (Å²) < 4.78 is 18.9. The van der Waals surface area contributed by atoms with Gasteiger partial charge in [0.15, 0.2) is 0 Å². The van der Waals surface area contributed by atoms with E-state index in [4.69, 9.17) is 10.5 Å². The van der Waals surface area contributed by atoms with Crippen molar-refractivity contribution in [1.29, 1.82) is 0 Å². The van der Waals surface area contributed by atoms with Gasteiger partial charge in [0.25, 0.3) is 0 Å². The highest BCUT2D eigenvalue weighted by molar-refractivity contribution is 5.76. The number of hydrogen-bond donors (Lipinski definition) is 1. The minimum atomic E-state index is -0.271. The van der Waals surface area contributed by atoms with Gasteiger partial charge < -0.3 is 15.4 Å². The number of morpholine rings is 1. The number of carbonyl (C=O) groups is 1. The van der Waals surface area contributed by atoms with Crippen molar-refractivity contribution in [3.63, 3.8) is 0 Å². The number of nitrogens with zero attached hydrogens (tertiary/aromatic N) is 1. The van der Waals surface area contributed by atoms with Crippen molar-refractivity contribution in [2.24, 2.45) is 5.73 Å². The molecule has 1 aliphatic rings. The minimum Gasteiger partial charge on any atom is -0.367 e. The minimum absolute atomic E-state index is 0.0281. The third-order valence-electron chi connectivity index (χ3n) is 3.67. The Bertz CT molecular complexity index is 476. The Morgan fingerprint density at radius 1 is 1.43 bits per heavy atom. The average molecular weight is 294 g/mol. The second-order valence-electron chi connectivity index (χ2n) is 5.80. The molecule has 1 aliphatic heterocycles. The Morgan fingerprint density at radius 3 is 2.71 bits per heavy atom. The zero-order chi connectivity index (χ0) is 15.4. The van der Waals surface area contributed by atoms with Gasteiger partial charge >= 0.3 is 0 Å². The first kappa shape index (κ1) is 15.9. The number of ether oxygens (including phenoxy) is 1. The van der Waals surface area contributed by atoms with Crippen molar-refractivity contribution >= 4 is 5.91 Å². The number of halogens is 1. The van der Waals surface area contributed by atoms with Gasteiger partial charge in [0.05, 0.1) is 12.6 Å². The molecule has 3 unspecified atom stereocenters. The van der Waals surface area contributed by atoms with Crippen LogP contribution >= 0.6 is 0 Å². The van der Waals surface area contributed by atoms with Crippen molar-refractivity contribution in [2.45, 2.75) is 44.9 Å². The van der Waals surface area contributed by atoms with Crippen molar-refractivity contribution in [3.8, 4) is 0 Å². The van der Waals surface area contributed by atoms with Crippen LogP contribution in [0.1, 0.15) is 38.4 Å². The predicted octanol–water partition coefficient (Wildman–Crippen LogP) is 2.24. The monoisotopic (exact) mass is 294 g/mol. The molecule has 5 heteroatoms. The highest BCUT2D eigenvalue weighted by Crippen LogP contribution is 2.26. The van der Waals surface area contributed by atoms with Crippen molar-refractivity contribution in [1.82, 2.24) is 4.90 Å². The fourth-order valence-electron chi connectivity index (χ4n) is 2.53. The van der Waals surface area contributed by atoms with Gasteiger partial charge in [-0.3, -0.25) is 4.79 Å². The highest BCUT2D eigenvalue weighted by atomic mass is 19.1. The lowest BCUT2D eigenvalue weighted by molar-refractivity contribution is -0.145. The molecule has 2 rings (SSSR count). The molecule has 0 aliphatic carbocycles. The van der Waals surface area contributed by atoms with Crippen LogP contribution in [0.15, 0.2) is 24.3 Å². The maximum Gasteiger partial charge on any atom is 0.222 e. The SMILES string of the molecule is CC(N)CCC(=O)N1CC(C)OC(c2ccc(F)cc2)C1. The summed E-state index contributed by atoms with van der Waals surface area (Å²) in [5.74, 6) is -0.165. The molecule has 3 atom stereocenters. The largest absolute Gasteiger partial charge is 0.367 e. The van der Waals surface area contributed by atoms with Crippen LogP contribution < -0.4 is 5.73 Å². The van der Waals surface area contributed by atoms with Gasteiger partial charge in [0, 0.05) is 19.0 Å². The van der Waals surface area contributed by atoms with E-state index in [-0.39, 0.29) is 30.0 Å². The first-order chi connectivity index (χ1) is 9.95. The number of nitrogens with two attached hydrogens (primary N) is 1. The molecule has 1 aromatic carbocycles. The predicted molar refractivity (Wildman–Crippen MR) is 79.2 cm³/mol. The summed E-state index contributed by atoms with van der Waals surface area (Å²) in [5.41, 5.74) is 6.60. The number of carbonyl (C=O) groups excluding carboxylic acids is 1. The number of rotatable bonds is 4. The maximum atomic E-state index is 13.0. The Balaban J connectivity index is 2.01. The van der Waals surface area contributed by atoms with Crippen molar-refractivity contribution in [3.05, 3.63) is 35.6 Å². The van der Waals surface area contributed by atoms with Gasteiger partial charge in [-0.2, -0.15) is 0 Å². The van der Waals surface area contributed by atoms with Gasteiger partial charge in [0.1, 0.15) is 11.9 Å². The smallest absolute Gasteiger partial charge is 0.222 e. The van der Waals surface area contributed by atoms with E-state index in [1.165, 1.54) is 12.1 Å². The molecule has 4 nitrogen and oxygen atoms in total. The van der Waals surface area contributed by atoms with Crippen LogP contribution in [0.2, 0.25) is 0 Å². The van der Waals surface area contributed by atoms with E-state index in [2.05, 4.69) is 0 Å². The van der Waals surface area contributed by atoms with E-state index >= 15 is 0 Å². The van der Waals surface area contributed by atoms with Crippen LogP contribution in [-0.4, -0.2) is 36.0 Å². The van der Waals surface area contributed by atoms with Crippen LogP contribution in [0.5, 0.6) is 0 Å². The van der Waals surface area contributed by atoms with E-state index in [1.54, 1.807) is 12.1 Å². The molecule has 1 aromatic rings. The van der Waals surface area contributed by atoms with E-state index in [1.807, 2.05) is 18.7 Å². The van der Waals surface area contributed by atoms with E-state index < -0.39 is 0 Å². The summed E-state index contributed by atoms with van der Waals surface area (Å²) >= 11 is 0. The topological polar surface area (TPSA) is 55.6 Å². The first-order valence-electron chi connectivity index (χ1n) is 7.40. The lowest BCUT2D eigenvalue weighted by Gasteiger charge is -2.37. The summed E-state index contributed by atoms with van der Waals surface area (Å²) in [7, 11) is 0. The number of amides is 1. The summed E-state index contributed by atoms with van der Waals surface area (Å²) in [4.78, 5) is 14.1. The first-order valence-corrected chi connectivity index (χ1v) is 7.40. The Morgan fingerprint density at radius 2 is 2.10 bits per heavy atom. The van der Waals surface area contributed by atoms with E-state index in [0.29, 0.717) is 25.9 Å². The van der Waals surface area contributed by atoms with Gasteiger partial charge in [-0.1, -0.05) is 12.1 Å². The molecule has 116 valence electrons. The quantitative estimate of drug-likeness (QED) is 0.926. The molecule has 1 heterocycles. The van der Waals surface area contributed by atoms with Crippen molar-refractivity contribution in [2.75, 3.05) is 13.1 Å². The van der Waals surface area contributed by atoms with Crippen LogP contribution in [0.4, 0.5) is 4.39 Å². The maximum absolute atomic E-state index is 13.0. The average Bonchev–Trinajstić information content (AvgIpc) is 2.44. The van der Waals surface area contributed by atoms with Gasteiger partial charge in [-0.25, -0.2) is 4.39 Å². The third kappa shape index (κ3) is 4.51. The van der Waals surface area contributed by atoms with Crippen LogP contribution in [0, 0.1) is 5.82 Å². The third-order valence-corrected chi connectivity index (χ3v) is 3.67. The van der Waals surface area contributed by atoms with E-state index in [9.17, 15) is 9.18 Å². The second kappa shape index (κ2) is 7.00. The molecule has 2 N–H and O–H groups in total. The fraction of sp³-hybridized carbons (Fsp3) is 0.562. The van der Waals surface area contributed by atoms with Crippen LogP contribution in [0.25, 0.3) is 0 Å². The summed E-state index contributed by atoms with van der Waals surface area (Å²) in [6.07, 6.45) is 0.911. The molecular weight excluding hydrogens is 271 g/mol. The summed E-state index contributed by atoms with van der Waals surface area (Å²) in [5, 5.41) is 0. The fourth-order valence-corrected chi connectivity index (χ4v) is 2.53. The molecule has 0 radical (unpaired) electrons. The Labute approximate surface area is 125 Å². The van der Waals surface area contributed by atoms with Gasteiger partial charge in [-0.05, 0) is 38.0 Å². The lowest BCUT2D eigenvalue weighted by Crippen LogP contribution is -2.46. The van der Waals surface area contributed by atoms with Crippen LogP contribution in [0.3, 0.4) is 0 Å². The summed E-state index contributed by atoms with van der Waals surface area (Å²) in [6.45, 7) is 4.95. The molecule has 0 saturated carbocycles. The zero-order valence-corrected chi connectivity index (χ0v) is 12.6.